The number of alkyl carbamates (subject to hydrolysis) is 1. The molecule has 92 valence electrons. The molecule has 4 nitrogen and oxygen atoms in total. The van der Waals surface area contributed by atoms with Gasteiger partial charge < -0.3 is 14.8 Å². The van der Waals surface area contributed by atoms with Gasteiger partial charge in [0.05, 0.1) is 11.6 Å². The first-order valence-electron chi connectivity index (χ1n) is 5.36. The van der Waals surface area contributed by atoms with Gasteiger partial charge in [0.15, 0.2) is 0 Å². The third-order valence-corrected chi connectivity index (χ3v) is 3.49. The number of halogens is 1. The van der Waals surface area contributed by atoms with Gasteiger partial charge in [0.2, 0.25) is 0 Å². The SMILES string of the molecule is CNC(=O)OC1(c2ccc(OC)c(Br)c2)CC1. The molecule has 1 N–H and O–H groups in total. The highest BCUT2D eigenvalue weighted by Crippen LogP contribution is 2.50. The van der Waals surface area contributed by atoms with Gasteiger partial charge >= 0.3 is 6.09 Å². The first kappa shape index (κ1) is 12.2. The average Bonchev–Trinajstić information content (AvgIpc) is 3.09. The zero-order valence-corrected chi connectivity index (χ0v) is 11.3. The molecule has 0 radical (unpaired) electrons. The zero-order valence-electron chi connectivity index (χ0n) is 9.75. The van der Waals surface area contributed by atoms with Crippen molar-refractivity contribution >= 4 is 22.0 Å². The van der Waals surface area contributed by atoms with E-state index in [0.29, 0.717) is 0 Å². The molecule has 5 heteroatoms. The minimum Gasteiger partial charge on any atom is -0.496 e. The van der Waals surface area contributed by atoms with E-state index in [2.05, 4.69) is 21.2 Å². The van der Waals surface area contributed by atoms with E-state index >= 15 is 0 Å². The standard InChI is InChI=1S/C12H14BrNO3/c1-14-11(15)17-12(5-6-12)8-3-4-10(16-2)9(13)7-8/h3-4,7H,5-6H2,1-2H3,(H,14,15). The van der Waals surface area contributed by atoms with E-state index < -0.39 is 11.7 Å². The fourth-order valence-electron chi connectivity index (χ4n) is 1.74. The molecule has 17 heavy (non-hydrogen) atoms. The Balaban J connectivity index is 2.22. The van der Waals surface area contributed by atoms with Gasteiger partial charge in [-0.25, -0.2) is 4.79 Å². The lowest BCUT2D eigenvalue weighted by molar-refractivity contribution is 0.0831. The highest BCUT2D eigenvalue weighted by Gasteiger charge is 2.48. The normalized spacial score (nSPS) is 16.2. The van der Waals surface area contributed by atoms with Crippen molar-refractivity contribution in [2.45, 2.75) is 18.4 Å². The van der Waals surface area contributed by atoms with Gasteiger partial charge in [-0.3, -0.25) is 0 Å². The molecule has 1 fully saturated rings. The van der Waals surface area contributed by atoms with Crippen molar-refractivity contribution in [1.29, 1.82) is 0 Å². The summed E-state index contributed by atoms with van der Waals surface area (Å²) >= 11 is 3.43. The van der Waals surface area contributed by atoms with Crippen molar-refractivity contribution < 1.29 is 14.3 Å². The van der Waals surface area contributed by atoms with Crippen LogP contribution in [0.15, 0.2) is 22.7 Å². The van der Waals surface area contributed by atoms with Crippen molar-refractivity contribution in [3.05, 3.63) is 28.2 Å². The molecule has 0 unspecified atom stereocenters. The van der Waals surface area contributed by atoms with Crippen molar-refractivity contribution in [3.8, 4) is 5.75 Å². The number of amides is 1. The zero-order chi connectivity index (χ0) is 12.5. The van der Waals surface area contributed by atoms with Crippen molar-refractivity contribution in [2.75, 3.05) is 14.2 Å². The number of hydrogen-bond acceptors (Lipinski definition) is 3. The second-order valence-electron chi connectivity index (χ2n) is 3.98. The van der Waals surface area contributed by atoms with Gasteiger partial charge in [-0.05, 0) is 46.5 Å². The number of methoxy groups -OCH3 is 1. The summed E-state index contributed by atoms with van der Waals surface area (Å²) in [5, 5.41) is 2.47. The monoisotopic (exact) mass is 299 g/mol. The van der Waals surface area contributed by atoms with Crippen molar-refractivity contribution in [2.24, 2.45) is 0 Å². The molecular formula is C12H14BrNO3. The molecule has 0 bridgehead atoms. The first-order valence-corrected chi connectivity index (χ1v) is 6.15. The third-order valence-electron chi connectivity index (χ3n) is 2.87. The Morgan fingerprint density at radius 3 is 2.65 bits per heavy atom. The van der Waals surface area contributed by atoms with Gasteiger partial charge in [-0.15, -0.1) is 0 Å². The quantitative estimate of drug-likeness (QED) is 0.933. The number of hydrogen-bond donors (Lipinski definition) is 1. The largest absolute Gasteiger partial charge is 0.496 e. The highest BCUT2D eigenvalue weighted by atomic mass is 79.9. The number of rotatable bonds is 3. The topological polar surface area (TPSA) is 47.6 Å². The fourth-order valence-corrected chi connectivity index (χ4v) is 2.28. The number of ether oxygens (including phenoxy) is 2. The highest BCUT2D eigenvalue weighted by molar-refractivity contribution is 9.10. The molecule has 0 saturated heterocycles. The van der Waals surface area contributed by atoms with E-state index in [1.165, 1.54) is 0 Å². The lowest BCUT2D eigenvalue weighted by Gasteiger charge is -2.17. The molecule has 1 aliphatic carbocycles. The van der Waals surface area contributed by atoms with E-state index in [9.17, 15) is 4.79 Å². The Morgan fingerprint density at radius 1 is 1.47 bits per heavy atom. The lowest BCUT2D eigenvalue weighted by Crippen LogP contribution is -2.25. The van der Waals surface area contributed by atoms with Gasteiger partial charge in [-0.1, -0.05) is 6.07 Å². The summed E-state index contributed by atoms with van der Waals surface area (Å²) in [4.78, 5) is 11.3. The van der Waals surface area contributed by atoms with E-state index in [0.717, 1.165) is 28.6 Å². The van der Waals surface area contributed by atoms with Crippen LogP contribution in [0.2, 0.25) is 0 Å². The Labute approximate surface area is 108 Å². The van der Waals surface area contributed by atoms with Crippen LogP contribution in [0, 0.1) is 0 Å². The Morgan fingerprint density at radius 2 is 2.18 bits per heavy atom. The Bertz CT molecular complexity index is 443. The predicted octanol–water partition coefficient (Wildman–Crippen LogP) is 2.80. The number of benzene rings is 1. The first-order chi connectivity index (χ1) is 8.11. The molecule has 0 aromatic heterocycles. The van der Waals surface area contributed by atoms with Crippen LogP contribution in [0.3, 0.4) is 0 Å². The summed E-state index contributed by atoms with van der Waals surface area (Å²) in [6, 6.07) is 5.74. The van der Waals surface area contributed by atoms with Crippen LogP contribution in [0.25, 0.3) is 0 Å². The maximum Gasteiger partial charge on any atom is 0.407 e. The summed E-state index contributed by atoms with van der Waals surface area (Å²) in [5.41, 5.74) is 0.545. The molecular weight excluding hydrogens is 286 g/mol. The van der Waals surface area contributed by atoms with Crippen LogP contribution in [0.1, 0.15) is 18.4 Å². The molecule has 1 aromatic carbocycles. The number of nitrogens with one attached hydrogen (secondary N) is 1. The predicted molar refractivity (Wildman–Crippen MR) is 67.1 cm³/mol. The molecule has 2 rings (SSSR count). The van der Waals surface area contributed by atoms with Crippen molar-refractivity contribution in [3.63, 3.8) is 0 Å². The summed E-state index contributed by atoms with van der Waals surface area (Å²) in [5.74, 6) is 0.768. The smallest absolute Gasteiger partial charge is 0.407 e. The maximum atomic E-state index is 11.3. The molecule has 0 heterocycles. The molecule has 1 aliphatic rings. The third kappa shape index (κ3) is 2.39. The summed E-state index contributed by atoms with van der Waals surface area (Å²) in [6.07, 6.45) is 1.33. The van der Waals surface area contributed by atoms with E-state index in [4.69, 9.17) is 9.47 Å². The maximum absolute atomic E-state index is 11.3. The van der Waals surface area contributed by atoms with E-state index in [1.807, 2.05) is 18.2 Å². The fraction of sp³-hybridized carbons (Fsp3) is 0.417. The summed E-state index contributed by atoms with van der Waals surface area (Å²) in [6.45, 7) is 0. The Kier molecular flexibility index (Phi) is 3.28. The number of carbonyl (C=O) groups is 1. The summed E-state index contributed by atoms with van der Waals surface area (Å²) < 4.78 is 11.4. The molecule has 1 amide bonds. The van der Waals surface area contributed by atoms with Crippen LogP contribution in [0.5, 0.6) is 5.75 Å². The van der Waals surface area contributed by atoms with Crippen LogP contribution in [-0.2, 0) is 10.3 Å². The van der Waals surface area contributed by atoms with E-state index in [1.54, 1.807) is 14.2 Å². The van der Waals surface area contributed by atoms with Crippen LogP contribution < -0.4 is 10.1 Å². The lowest BCUT2D eigenvalue weighted by atomic mass is 10.1. The van der Waals surface area contributed by atoms with Crippen molar-refractivity contribution in [1.82, 2.24) is 5.32 Å². The van der Waals surface area contributed by atoms with Crippen LogP contribution >= 0.6 is 15.9 Å². The minimum atomic E-state index is -0.450. The molecule has 1 saturated carbocycles. The molecule has 0 atom stereocenters. The molecule has 0 aliphatic heterocycles. The summed E-state index contributed by atoms with van der Waals surface area (Å²) in [7, 11) is 3.18. The Hall–Kier alpha value is -1.23. The van der Waals surface area contributed by atoms with Crippen LogP contribution in [-0.4, -0.2) is 20.3 Å². The van der Waals surface area contributed by atoms with Crippen LogP contribution in [0.4, 0.5) is 4.79 Å². The van der Waals surface area contributed by atoms with Gasteiger partial charge in [0.1, 0.15) is 11.4 Å². The number of carbonyl (C=O) groups excluding carboxylic acids is 1. The average molecular weight is 300 g/mol. The molecule has 0 spiro atoms. The minimum absolute atomic E-state index is 0.394. The molecule has 1 aromatic rings. The van der Waals surface area contributed by atoms with Gasteiger partial charge in [0, 0.05) is 7.05 Å². The second-order valence-corrected chi connectivity index (χ2v) is 4.84. The van der Waals surface area contributed by atoms with Gasteiger partial charge in [-0.2, -0.15) is 0 Å². The van der Waals surface area contributed by atoms with Gasteiger partial charge in [0.25, 0.3) is 0 Å². The second kappa shape index (κ2) is 4.56. The van der Waals surface area contributed by atoms with E-state index in [-0.39, 0.29) is 0 Å².